The lowest BCUT2D eigenvalue weighted by Crippen LogP contribution is -2.42. The maximum atomic E-state index is 12.8. The zero-order valence-electron chi connectivity index (χ0n) is 14.7. The molecule has 8 heteroatoms. The number of aromatic nitrogens is 2. The minimum Gasteiger partial charge on any atom is -0.484 e. The van der Waals surface area contributed by atoms with Crippen molar-refractivity contribution in [3.8, 4) is 5.75 Å². The maximum absolute atomic E-state index is 12.8. The van der Waals surface area contributed by atoms with E-state index in [2.05, 4.69) is 15.5 Å². The number of amides is 2. The number of ether oxygens (including phenoxy) is 1. The highest BCUT2D eigenvalue weighted by molar-refractivity contribution is 5.74. The second-order valence-electron chi connectivity index (χ2n) is 5.78. The molecular formula is C17H23FN4O3. The van der Waals surface area contributed by atoms with Gasteiger partial charge < -0.3 is 19.5 Å². The van der Waals surface area contributed by atoms with Crippen molar-refractivity contribution < 1.29 is 18.4 Å². The van der Waals surface area contributed by atoms with Crippen LogP contribution in [-0.2, 0) is 13.0 Å². The van der Waals surface area contributed by atoms with Crippen molar-refractivity contribution in [1.29, 1.82) is 0 Å². The van der Waals surface area contributed by atoms with Crippen LogP contribution >= 0.6 is 0 Å². The highest BCUT2D eigenvalue weighted by Crippen LogP contribution is 2.13. The summed E-state index contributed by atoms with van der Waals surface area (Å²) in [6, 6.07) is 5.69. The summed E-state index contributed by atoms with van der Waals surface area (Å²) in [5.74, 6) is 1.02. The molecule has 0 fully saturated rings. The Balaban J connectivity index is 1.77. The van der Waals surface area contributed by atoms with Gasteiger partial charge in [0.15, 0.2) is 12.4 Å². The highest BCUT2D eigenvalue weighted by atomic mass is 19.1. The van der Waals surface area contributed by atoms with Crippen LogP contribution in [0, 0.1) is 5.82 Å². The van der Waals surface area contributed by atoms with Crippen molar-refractivity contribution in [2.24, 2.45) is 0 Å². The molecule has 0 unspecified atom stereocenters. The number of likely N-dealkylation sites (N-methyl/N-ethyl adjacent to an activating group) is 1. The van der Waals surface area contributed by atoms with Crippen LogP contribution in [0.5, 0.6) is 5.75 Å². The predicted octanol–water partition coefficient (Wildman–Crippen LogP) is 2.77. The summed E-state index contributed by atoms with van der Waals surface area (Å²) in [6.45, 7) is 4.54. The van der Waals surface area contributed by atoms with Gasteiger partial charge in [-0.05, 0) is 37.6 Å². The molecule has 7 nitrogen and oxygen atoms in total. The van der Waals surface area contributed by atoms with Crippen molar-refractivity contribution in [2.45, 2.75) is 39.3 Å². The van der Waals surface area contributed by atoms with E-state index in [1.165, 1.54) is 24.3 Å². The average molecular weight is 350 g/mol. The Morgan fingerprint density at radius 3 is 2.80 bits per heavy atom. The number of carbonyl (C=O) groups is 1. The Morgan fingerprint density at radius 2 is 2.12 bits per heavy atom. The molecule has 2 amide bonds. The van der Waals surface area contributed by atoms with E-state index in [0.717, 1.165) is 6.42 Å². The van der Waals surface area contributed by atoms with Gasteiger partial charge in [0.05, 0.1) is 0 Å². The first kappa shape index (κ1) is 18.7. The molecule has 0 aliphatic heterocycles. The molecular weight excluding hydrogens is 327 g/mol. The number of benzene rings is 1. The van der Waals surface area contributed by atoms with Crippen molar-refractivity contribution in [1.82, 2.24) is 20.4 Å². The van der Waals surface area contributed by atoms with Gasteiger partial charge in [-0.2, -0.15) is 4.98 Å². The van der Waals surface area contributed by atoms with Crippen LogP contribution in [0.1, 0.15) is 32.0 Å². The van der Waals surface area contributed by atoms with Crippen molar-refractivity contribution in [2.75, 3.05) is 13.6 Å². The van der Waals surface area contributed by atoms with E-state index >= 15 is 0 Å². The zero-order valence-corrected chi connectivity index (χ0v) is 14.7. The van der Waals surface area contributed by atoms with Crippen LogP contribution in [0.2, 0.25) is 0 Å². The van der Waals surface area contributed by atoms with E-state index in [1.54, 1.807) is 11.9 Å². The summed E-state index contributed by atoms with van der Waals surface area (Å²) in [6.07, 6.45) is 1.35. The number of hydrogen-bond donors (Lipinski definition) is 1. The third-order valence-electron chi connectivity index (χ3n) is 3.69. The molecule has 2 rings (SSSR count). The Labute approximate surface area is 146 Å². The standard InChI is InChI=1S/C17H23FN4O3/c1-4-12(2)19-17(23)22(3)10-9-15-20-16(25-21-15)11-24-14-7-5-13(18)6-8-14/h5-8,12H,4,9-11H2,1-3H3,(H,19,23)/t12-/m1/s1. The second kappa shape index (κ2) is 9.00. The Hall–Kier alpha value is -2.64. The molecule has 2 aromatic rings. The monoisotopic (exact) mass is 350 g/mol. The van der Waals surface area contributed by atoms with Crippen molar-refractivity contribution in [3.63, 3.8) is 0 Å². The number of nitrogens with zero attached hydrogens (tertiary/aromatic N) is 3. The number of hydrogen-bond acceptors (Lipinski definition) is 5. The van der Waals surface area contributed by atoms with E-state index < -0.39 is 0 Å². The van der Waals surface area contributed by atoms with Gasteiger partial charge in [-0.15, -0.1) is 0 Å². The van der Waals surface area contributed by atoms with Gasteiger partial charge in [-0.1, -0.05) is 12.1 Å². The molecule has 0 aliphatic carbocycles. The van der Waals surface area contributed by atoms with Crippen LogP contribution in [0.15, 0.2) is 28.8 Å². The first-order chi connectivity index (χ1) is 12.0. The van der Waals surface area contributed by atoms with Gasteiger partial charge in [0.2, 0.25) is 0 Å². The molecule has 25 heavy (non-hydrogen) atoms. The Kier molecular flexibility index (Phi) is 6.73. The molecule has 0 radical (unpaired) electrons. The summed E-state index contributed by atoms with van der Waals surface area (Å²) < 4.78 is 23.4. The smallest absolute Gasteiger partial charge is 0.317 e. The lowest BCUT2D eigenvalue weighted by atomic mass is 10.3. The third-order valence-corrected chi connectivity index (χ3v) is 3.69. The average Bonchev–Trinajstić information content (AvgIpc) is 3.06. The molecule has 1 N–H and O–H groups in total. The van der Waals surface area contributed by atoms with Crippen LogP contribution in [0.25, 0.3) is 0 Å². The van der Waals surface area contributed by atoms with Crippen LogP contribution < -0.4 is 10.1 Å². The number of nitrogens with one attached hydrogen (secondary N) is 1. The first-order valence-electron chi connectivity index (χ1n) is 8.19. The summed E-state index contributed by atoms with van der Waals surface area (Å²) in [7, 11) is 1.72. The van der Waals surface area contributed by atoms with E-state index in [1.807, 2.05) is 13.8 Å². The second-order valence-corrected chi connectivity index (χ2v) is 5.78. The largest absolute Gasteiger partial charge is 0.484 e. The summed E-state index contributed by atoms with van der Waals surface area (Å²) >= 11 is 0. The summed E-state index contributed by atoms with van der Waals surface area (Å²) in [4.78, 5) is 17.7. The Morgan fingerprint density at radius 1 is 1.40 bits per heavy atom. The zero-order chi connectivity index (χ0) is 18.2. The first-order valence-corrected chi connectivity index (χ1v) is 8.19. The van der Waals surface area contributed by atoms with Gasteiger partial charge in [0.1, 0.15) is 11.6 Å². The van der Waals surface area contributed by atoms with Crippen LogP contribution in [0.4, 0.5) is 9.18 Å². The fraction of sp³-hybridized carbons (Fsp3) is 0.471. The van der Waals surface area contributed by atoms with Gasteiger partial charge in [0, 0.05) is 26.1 Å². The molecule has 136 valence electrons. The third kappa shape index (κ3) is 6.06. The Bertz CT molecular complexity index is 675. The number of urea groups is 1. The van der Waals surface area contributed by atoms with Crippen molar-refractivity contribution in [3.05, 3.63) is 41.8 Å². The minimum absolute atomic E-state index is 0.100. The quantitative estimate of drug-likeness (QED) is 0.792. The van der Waals surface area contributed by atoms with Crippen molar-refractivity contribution >= 4 is 6.03 Å². The van der Waals surface area contributed by atoms with E-state index in [0.29, 0.717) is 30.4 Å². The molecule has 1 heterocycles. The molecule has 1 atom stereocenters. The van der Waals surface area contributed by atoms with E-state index in [4.69, 9.17) is 9.26 Å². The molecule has 0 aliphatic rings. The maximum Gasteiger partial charge on any atom is 0.317 e. The molecule has 0 saturated carbocycles. The highest BCUT2D eigenvalue weighted by Gasteiger charge is 2.13. The van der Waals surface area contributed by atoms with Gasteiger partial charge >= 0.3 is 6.03 Å². The van der Waals surface area contributed by atoms with Gasteiger partial charge in [-0.3, -0.25) is 0 Å². The summed E-state index contributed by atoms with van der Waals surface area (Å²) in [5.41, 5.74) is 0. The minimum atomic E-state index is -0.325. The van der Waals surface area contributed by atoms with Gasteiger partial charge in [0.25, 0.3) is 5.89 Å². The fourth-order valence-electron chi connectivity index (χ4n) is 1.92. The van der Waals surface area contributed by atoms with E-state index in [9.17, 15) is 9.18 Å². The number of halogens is 1. The molecule has 0 spiro atoms. The lowest BCUT2D eigenvalue weighted by molar-refractivity contribution is 0.205. The molecule has 1 aromatic heterocycles. The van der Waals surface area contributed by atoms with Crippen LogP contribution in [0.3, 0.4) is 0 Å². The van der Waals surface area contributed by atoms with Crippen LogP contribution in [-0.4, -0.2) is 40.7 Å². The number of carbonyl (C=O) groups excluding carboxylic acids is 1. The van der Waals surface area contributed by atoms with Gasteiger partial charge in [-0.25, -0.2) is 9.18 Å². The molecule has 1 aromatic carbocycles. The SMILES string of the molecule is CC[C@@H](C)NC(=O)N(C)CCc1noc(COc2ccc(F)cc2)n1. The number of rotatable bonds is 8. The lowest BCUT2D eigenvalue weighted by Gasteiger charge is -2.20. The molecule has 0 bridgehead atoms. The normalized spacial score (nSPS) is 11.8. The predicted molar refractivity (Wildman–Crippen MR) is 89.6 cm³/mol. The molecule has 0 saturated heterocycles. The topological polar surface area (TPSA) is 80.5 Å². The van der Waals surface area contributed by atoms with E-state index in [-0.39, 0.29) is 24.5 Å². The fourth-order valence-corrected chi connectivity index (χ4v) is 1.92. The summed E-state index contributed by atoms with van der Waals surface area (Å²) in [5, 5.41) is 6.76.